The van der Waals surface area contributed by atoms with Crippen molar-refractivity contribution in [2.45, 2.75) is 96.9 Å². The quantitative estimate of drug-likeness (QED) is 0.124. The average Bonchev–Trinajstić information content (AvgIpc) is 3.61. The molecule has 0 spiro atoms. The van der Waals surface area contributed by atoms with Gasteiger partial charge in [-0.25, -0.2) is 8.78 Å². The molecule has 1 nitrogen and oxygen atoms in total. The van der Waals surface area contributed by atoms with E-state index in [2.05, 4.69) is 4.74 Å². The largest absolute Gasteiger partial charge is 0.385 e. The van der Waals surface area contributed by atoms with E-state index in [1.807, 2.05) is 0 Å². The van der Waals surface area contributed by atoms with Crippen LogP contribution in [0.5, 0.6) is 0 Å². The normalized spacial score (nSPS) is 19.5. The van der Waals surface area contributed by atoms with Crippen LogP contribution in [0, 0.1) is 0 Å². The van der Waals surface area contributed by atoms with Crippen LogP contribution in [0.3, 0.4) is 0 Å². The smallest absolute Gasteiger partial charge is 0.373 e. The molecule has 1 saturated heterocycles. The molecule has 1 aliphatic rings. The first-order chi connectivity index (χ1) is 18.0. The fraction of sp³-hybridized carbons (Fsp3) is 1.00. The minimum Gasteiger partial charge on any atom is -0.373 e. The molecule has 0 N–H and O–H groups in total. The molecule has 1 unspecified atom stereocenters. The molecule has 0 amide bonds. The average molecular weight is 686 g/mol. The number of rotatable bonds is 15. The maximum Gasteiger partial charge on any atom is 0.385 e. The SMILES string of the molecule is FC(F)C(F)(F)C(F)(F)C(F)(F)C(F)(F)C(F)(F)C(F)(F)C(F)(F)C(F)(F)C(F)(F)C(F)(F)C(F)(F)CCCC1CO1. The van der Waals surface area contributed by atoms with Gasteiger partial charge in [0.1, 0.15) is 0 Å². The van der Waals surface area contributed by atoms with Gasteiger partial charge in [0.2, 0.25) is 0 Å². The van der Waals surface area contributed by atoms with E-state index in [4.69, 9.17) is 0 Å². The van der Waals surface area contributed by atoms with E-state index in [9.17, 15) is 105 Å². The summed E-state index contributed by atoms with van der Waals surface area (Å²) >= 11 is 0. The second kappa shape index (κ2) is 10.2. The van der Waals surface area contributed by atoms with Crippen LogP contribution in [0.25, 0.3) is 0 Å². The van der Waals surface area contributed by atoms with Crippen molar-refractivity contribution in [2.75, 3.05) is 6.61 Å². The van der Waals surface area contributed by atoms with E-state index < -0.39 is 96.9 Å². The van der Waals surface area contributed by atoms with Crippen LogP contribution in [-0.2, 0) is 4.74 Å². The molecule has 0 aromatic heterocycles. The molecule has 0 bridgehead atoms. The molecule has 0 radical (unpaired) electrons. The zero-order chi connectivity index (χ0) is 34.2. The van der Waals surface area contributed by atoms with Crippen molar-refractivity contribution in [3.05, 3.63) is 0 Å². The maximum atomic E-state index is 13.8. The van der Waals surface area contributed by atoms with Gasteiger partial charge in [-0.3, -0.25) is 0 Å². The van der Waals surface area contributed by atoms with Crippen molar-refractivity contribution in [2.24, 2.45) is 0 Å². The number of hydrogen-bond acceptors (Lipinski definition) is 1. The van der Waals surface area contributed by atoms with Crippen molar-refractivity contribution in [3.63, 3.8) is 0 Å². The molecule has 1 heterocycles. The predicted molar refractivity (Wildman–Crippen MR) is 84.0 cm³/mol. The molecule has 1 aliphatic heterocycles. The lowest BCUT2D eigenvalue weighted by atomic mass is 9.84. The van der Waals surface area contributed by atoms with E-state index in [1.165, 1.54) is 0 Å². The van der Waals surface area contributed by atoms with Crippen molar-refractivity contribution >= 4 is 0 Å². The van der Waals surface area contributed by atoms with Crippen molar-refractivity contribution in [1.29, 1.82) is 0 Å². The first-order valence-electron chi connectivity index (χ1n) is 10.1. The van der Waals surface area contributed by atoms with Crippen LogP contribution in [0.1, 0.15) is 19.3 Å². The number of halogens is 24. The lowest BCUT2D eigenvalue weighted by molar-refractivity contribution is -0.476. The van der Waals surface area contributed by atoms with Gasteiger partial charge in [0.15, 0.2) is 0 Å². The van der Waals surface area contributed by atoms with Gasteiger partial charge in [-0.1, -0.05) is 0 Å². The first kappa shape index (κ1) is 38.3. The summed E-state index contributed by atoms with van der Waals surface area (Å²) in [5.74, 6) is -95.6. The Balaban J connectivity index is 3.69. The molecule has 0 aromatic carbocycles. The highest BCUT2D eigenvalue weighted by Crippen LogP contribution is 2.67. The number of ether oxygens (including phenoxy) is 1. The summed E-state index contributed by atoms with van der Waals surface area (Å²) in [5, 5.41) is 0. The monoisotopic (exact) mass is 686 g/mol. The van der Waals surface area contributed by atoms with E-state index in [-0.39, 0.29) is 6.61 Å². The topological polar surface area (TPSA) is 12.5 Å². The van der Waals surface area contributed by atoms with Gasteiger partial charge in [0.25, 0.3) is 0 Å². The summed E-state index contributed by atoms with van der Waals surface area (Å²) in [7, 11) is 0. The highest BCUT2D eigenvalue weighted by Gasteiger charge is 2.98. The number of epoxide rings is 1. The van der Waals surface area contributed by atoms with Crippen LogP contribution < -0.4 is 0 Å². The Morgan fingerprint density at radius 2 is 0.714 bits per heavy atom. The van der Waals surface area contributed by atoms with Crippen LogP contribution in [-0.4, -0.2) is 84.3 Å². The second-order valence-electron chi connectivity index (χ2n) is 8.65. The molecule has 1 fully saturated rings. The molecule has 1 rings (SSSR count). The third-order valence-corrected chi connectivity index (χ3v) is 5.73. The Morgan fingerprint density at radius 3 is 0.976 bits per heavy atom. The molecule has 0 aliphatic carbocycles. The van der Waals surface area contributed by atoms with E-state index in [0.29, 0.717) is 0 Å². The van der Waals surface area contributed by atoms with Gasteiger partial charge in [-0.05, 0) is 12.8 Å². The summed E-state index contributed by atoms with van der Waals surface area (Å²) in [6.07, 6.45) is -12.0. The van der Waals surface area contributed by atoms with Gasteiger partial charge in [-0.15, -0.1) is 0 Å². The number of alkyl halides is 24. The Bertz CT molecular complexity index is 962. The van der Waals surface area contributed by atoms with Gasteiger partial charge in [-0.2, -0.15) is 96.6 Å². The molecular formula is C17H10F24O. The molecule has 1 atom stereocenters. The molecule has 0 saturated carbocycles. The zero-order valence-electron chi connectivity index (χ0n) is 19.0. The molecule has 252 valence electrons. The van der Waals surface area contributed by atoms with Crippen molar-refractivity contribution in [3.8, 4) is 0 Å². The first-order valence-corrected chi connectivity index (χ1v) is 10.1. The Labute approximate surface area is 215 Å². The number of hydrogen-bond donors (Lipinski definition) is 0. The highest BCUT2D eigenvalue weighted by atomic mass is 19.4. The Kier molecular flexibility index (Phi) is 9.26. The van der Waals surface area contributed by atoms with Crippen LogP contribution in [0.4, 0.5) is 105 Å². The van der Waals surface area contributed by atoms with Crippen LogP contribution >= 0.6 is 0 Å². The summed E-state index contributed by atoms with van der Waals surface area (Å²) < 4.78 is 326. The lowest BCUT2D eigenvalue weighted by Crippen LogP contribution is -2.78. The Morgan fingerprint density at radius 1 is 0.452 bits per heavy atom. The Hall–Kier alpha value is -1.72. The summed E-state index contributed by atoms with van der Waals surface area (Å²) in [4.78, 5) is 0. The summed E-state index contributed by atoms with van der Waals surface area (Å²) in [6, 6.07) is 0. The predicted octanol–water partition coefficient (Wildman–Crippen LogP) is 8.81. The lowest BCUT2D eigenvalue weighted by Gasteiger charge is -2.45. The highest BCUT2D eigenvalue weighted by molar-refractivity contribution is 5.19. The fourth-order valence-corrected chi connectivity index (χ4v) is 2.90. The van der Waals surface area contributed by atoms with E-state index >= 15 is 0 Å². The third-order valence-electron chi connectivity index (χ3n) is 5.73. The van der Waals surface area contributed by atoms with Gasteiger partial charge in [0.05, 0.1) is 12.7 Å². The molecule has 42 heavy (non-hydrogen) atoms. The van der Waals surface area contributed by atoms with Gasteiger partial charge in [0, 0.05) is 6.42 Å². The van der Waals surface area contributed by atoms with Crippen molar-refractivity contribution in [1.82, 2.24) is 0 Å². The van der Waals surface area contributed by atoms with Crippen LogP contribution in [0.15, 0.2) is 0 Å². The second-order valence-corrected chi connectivity index (χ2v) is 8.65. The fourth-order valence-electron chi connectivity index (χ4n) is 2.90. The standard InChI is InChI=1S/C17H10F24O/c18-6(19)8(22,23)10(26,27)12(30,31)14(34,35)16(38,39)17(40,41)15(36,37)13(32,33)11(28,29)9(24,25)7(20,21)3-1-2-5-4-42-5/h5-6H,1-4H2. The van der Waals surface area contributed by atoms with E-state index in [1.54, 1.807) is 0 Å². The third kappa shape index (κ3) is 4.89. The molecule has 25 heteroatoms. The minimum atomic E-state index is -9.44. The van der Waals surface area contributed by atoms with Crippen LogP contribution in [0.2, 0.25) is 0 Å². The summed E-state index contributed by atoms with van der Waals surface area (Å²) in [6.45, 7) is -0.221. The van der Waals surface area contributed by atoms with Gasteiger partial charge < -0.3 is 4.74 Å². The molecular weight excluding hydrogens is 676 g/mol. The van der Waals surface area contributed by atoms with Crippen molar-refractivity contribution < 1.29 is 110 Å². The summed E-state index contributed by atoms with van der Waals surface area (Å²) in [5.41, 5.74) is 0. The molecule has 0 aromatic rings. The maximum absolute atomic E-state index is 13.8. The van der Waals surface area contributed by atoms with E-state index in [0.717, 1.165) is 0 Å². The zero-order valence-corrected chi connectivity index (χ0v) is 19.0. The minimum absolute atomic E-state index is 0.221. The van der Waals surface area contributed by atoms with Gasteiger partial charge >= 0.3 is 71.6 Å².